The monoisotopic (exact) mass is 545 g/mol. The summed E-state index contributed by atoms with van der Waals surface area (Å²) in [5.74, 6) is 1.51. The molecule has 1 heterocycles. The van der Waals surface area contributed by atoms with Gasteiger partial charge in [-0.15, -0.1) is 0 Å². The number of carbonyl (C=O) groups excluding carboxylic acids is 1. The van der Waals surface area contributed by atoms with Gasteiger partial charge in [0, 0.05) is 5.02 Å². The Hall–Kier alpha value is -2.71. The van der Waals surface area contributed by atoms with E-state index in [-0.39, 0.29) is 5.91 Å². The van der Waals surface area contributed by atoms with E-state index in [0.717, 1.165) is 11.1 Å². The zero-order chi connectivity index (χ0) is 24.9. The number of methoxy groups -OCH3 is 1. The lowest BCUT2D eigenvalue weighted by atomic mass is 10.1. The fourth-order valence-corrected chi connectivity index (χ4v) is 5.06. The average Bonchev–Trinajstić information content (AvgIpc) is 3.12. The van der Waals surface area contributed by atoms with Gasteiger partial charge in [0.2, 0.25) is 0 Å². The molecular formula is C26H21Cl2NO4S2. The van der Waals surface area contributed by atoms with E-state index in [1.54, 1.807) is 24.3 Å². The summed E-state index contributed by atoms with van der Waals surface area (Å²) >= 11 is 18.9. The van der Waals surface area contributed by atoms with Crippen LogP contribution in [0.1, 0.15) is 18.1 Å². The number of rotatable bonds is 8. The largest absolute Gasteiger partial charge is 0.495 e. The molecule has 0 bridgehead atoms. The van der Waals surface area contributed by atoms with E-state index in [1.807, 2.05) is 49.4 Å². The minimum Gasteiger partial charge on any atom is -0.495 e. The average molecular weight is 546 g/mol. The van der Waals surface area contributed by atoms with Crippen LogP contribution in [0.15, 0.2) is 65.6 Å². The van der Waals surface area contributed by atoms with Gasteiger partial charge in [-0.3, -0.25) is 9.69 Å². The van der Waals surface area contributed by atoms with Crippen molar-refractivity contribution in [3.63, 3.8) is 0 Å². The van der Waals surface area contributed by atoms with Crippen LogP contribution >= 0.6 is 47.2 Å². The number of ether oxygens (including phenoxy) is 3. The summed E-state index contributed by atoms with van der Waals surface area (Å²) in [6, 6.07) is 18.1. The van der Waals surface area contributed by atoms with Crippen molar-refractivity contribution in [2.45, 2.75) is 13.5 Å². The van der Waals surface area contributed by atoms with Crippen LogP contribution in [0, 0.1) is 0 Å². The second-order valence-electron chi connectivity index (χ2n) is 7.39. The van der Waals surface area contributed by atoms with Crippen molar-refractivity contribution in [1.29, 1.82) is 0 Å². The second kappa shape index (κ2) is 11.4. The van der Waals surface area contributed by atoms with E-state index in [4.69, 9.17) is 49.6 Å². The van der Waals surface area contributed by atoms with Crippen molar-refractivity contribution >= 4 is 69.2 Å². The fraction of sp³-hybridized carbons (Fsp3) is 0.154. The van der Waals surface area contributed by atoms with Crippen LogP contribution in [0.25, 0.3) is 6.08 Å². The van der Waals surface area contributed by atoms with Gasteiger partial charge < -0.3 is 14.2 Å². The Balaban J connectivity index is 1.54. The molecule has 1 aliphatic rings. The van der Waals surface area contributed by atoms with Crippen molar-refractivity contribution in [2.24, 2.45) is 0 Å². The summed E-state index contributed by atoms with van der Waals surface area (Å²) in [6.07, 6.45) is 1.79. The lowest BCUT2D eigenvalue weighted by molar-refractivity contribution is -0.113. The molecule has 1 fully saturated rings. The Morgan fingerprint density at radius 1 is 0.971 bits per heavy atom. The van der Waals surface area contributed by atoms with Gasteiger partial charge in [0.05, 0.1) is 29.3 Å². The summed E-state index contributed by atoms with van der Waals surface area (Å²) in [7, 11) is 1.54. The van der Waals surface area contributed by atoms with Gasteiger partial charge in [0.25, 0.3) is 5.91 Å². The molecule has 0 spiro atoms. The topological polar surface area (TPSA) is 48.0 Å². The van der Waals surface area contributed by atoms with Gasteiger partial charge in [-0.2, -0.15) is 0 Å². The minimum atomic E-state index is -0.220. The smallest absolute Gasteiger partial charge is 0.270 e. The number of thiocarbonyl (C=S) groups is 1. The van der Waals surface area contributed by atoms with Crippen molar-refractivity contribution in [3.8, 4) is 17.2 Å². The summed E-state index contributed by atoms with van der Waals surface area (Å²) in [6.45, 7) is 2.75. The first-order valence-corrected chi connectivity index (χ1v) is 12.6. The first-order valence-electron chi connectivity index (χ1n) is 10.6. The van der Waals surface area contributed by atoms with Gasteiger partial charge in [-0.05, 0) is 66.6 Å². The number of halogens is 2. The molecule has 0 atom stereocenters. The number of anilines is 1. The van der Waals surface area contributed by atoms with Crippen molar-refractivity contribution in [3.05, 3.63) is 86.7 Å². The number of carbonyl (C=O) groups is 1. The van der Waals surface area contributed by atoms with Crippen LogP contribution < -0.4 is 19.1 Å². The molecule has 0 radical (unpaired) electrons. The Bertz CT molecular complexity index is 1300. The van der Waals surface area contributed by atoms with Crippen LogP contribution in [0.2, 0.25) is 10.0 Å². The molecule has 1 amide bonds. The summed E-state index contributed by atoms with van der Waals surface area (Å²) in [5, 5.41) is 1.08. The first kappa shape index (κ1) is 25.4. The van der Waals surface area contributed by atoms with E-state index >= 15 is 0 Å². The summed E-state index contributed by atoms with van der Waals surface area (Å²) in [5.41, 5.74) is 2.37. The number of hydrogen-bond donors (Lipinski definition) is 0. The third-order valence-corrected chi connectivity index (χ3v) is 6.91. The predicted molar refractivity (Wildman–Crippen MR) is 147 cm³/mol. The van der Waals surface area contributed by atoms with E-state index in [2.05, 4.69) is 0 Å². The van der Waals surface area contributed by atoms with E-state index in [9.17, 15) is 4.79 Å². The molecule has 4 rings (SSSR count). The maximum atomic E-state index is 13.2. The molecule has 1 aliphatic heterocycles. The van der Waals surface area contributed by atoms with E-state index in [0.29, 0.717) is 55.4 Å². The molecule has 3 aromatic rings. The van der Waals surface area contributed by atoms with Gasteiger partial charge in [-0.1, -0.05) is 65.4 Å². The molecule has 35 heavy (non-hydrogen) atoms. The highest BCUT2D eigenvalue weighted by Crippen LogP contribution is 2.39. The Morgan fingerprint density at radius 2 is 1.71 bits per heavy atom. The zero-order valence-electron chi connectivity index (χ0n) is 18.9. The van der Waals surface area contributed by atoms with Gasteiger partial charge in [0.15, 0.2) is 15.8 Å². The molecule has 180 valence electrons. The Kier molecular flexibility index (Phi) is 8.23. The van der Waals surface area contributed by atoms with Crippen molar-refractivity contribution in [1.82, 2.24) is 0 Å². The molecule has 0 N–H and O–H groups in total. The molecule has 0 saturated carbocycles. The quantitative estimate of drug-likeness (QED) is 0.217. The van der Waals surface area contributed by atoms with Crippen LogP contribution in [-0.4, -0.2) is 23.9 Å². The SMILES string of the molecule is CCOc1cc(/C=C2/SC(=S)N(c3ccc(OC)c(Cl)c3)C2=O)ccc1OCc1ccc(Cl)cc1. The second-order valence-corrected chi connectivity index (χ2v) is 9.91. The van der Waals surface area contributed by atoms with Crippen LogP contribution in [0.4, 0.5) is 5.69 Å². The van der Waals surface area contributed by atoms with Crippen LogP contribution in [0.5, 0.6) is 17.2 Å². The number of amides is 1. The Morgan fingerprint density at radius 3 is 2.40 bits per heavy atom. The van der Waals surface area contributed by atoms with E-state index < -0.39 is 0 Å². The fourth-order valence-electron chi connectivity index (χ4n) is 3.38. The Labute approximate surface area is 223 Å². The molecular weight excluding hydrogens is 525 g/mol. The van der Waals surface area contributed by atoms with Crippen molar-refractivity contribution in [2.75, 3.05) is 18.6 Å². The van der Waals surface area contributed by atoms with Gasteiger partial charge in [0.1, 0.15) is 12.4 Å². The number of benzene rings is 3. The summed E-state index contributed by atoms with van der Waals surface area (Å²) in [4.78, 5) is 15.1. The van der Waals surface area contributed by atoms with Gasteiger partial charge in [-0.25, -0.2) is 0 Å². The lowest BCUT2D eigenvalue weighted by Crippen LogP contribution is -2.27. The highest BCUT2D eigenvalue weighted by molar-refractivity contribution is 8.27. The molecule has 0 unspecified atom stereocenters. The maximum absolute atomic E-state index is 13.2. The molecule has 1 saturated heterocycles. The number of nitrogens with zero attached hydrogens (tertiary/aromatic N) is 1. The number of thioether (sulfide) groups is 1. The van der Waals surface area contributed by atoms with Crippen molar-refractivity contribution < 1.29 is 19.0 Å². The molecule has 5 nitrogen and oxygen atoms in total. The normalized spacial score (nSPS) is 14.5. The zero-order valence-corrected chi connectivity index (χ0v) is 22.1. The van der Waals surface area contributed by atoms with E-state index in [1.165, 1.54) is 23.8 Å². The van der Waals surface area contributed by atoms with Gasteiger partial charge >= 0.3 is 0 Å². The minimum absolute atomic E-state index is 0.220. The maximum Gasteiger partial charge on any atom is 0.270 e. The third-order valence-electron chi connectivity index (χ3n) is 5.06. The highest BCUT2D eigenvalue weighted by atomic mass is 35.5. The summed E-state index contributed by atoms with van der Waals surface area (Å²) < 4.78 is 17.4. The highest BCUT2D eigenvalue weighted by Gasteiger charge is 2.33. The standard InChI is InChI=1S/C26H21Cl2NO4S2/c1-3-32-23-12-17(6-10-22(23)33-15-16-4-7-18(27)8-5-16)13-24-25(30)29(26(34)35-24)19-9-11-21(31-2)20(28)14-19/h4-14H,3,15H2,1-2H3/b24-13+. The third kappa shape index (κ3) is 5.93. The molecule has 0 aliphatic carbocycles. The predicted octanol–water partition coefficient (Wildman–Crippen LogP) is 7.39. The van der Waals surface area contributed by atoms with Crippen LogP contribution in [-0.2, 0) is 11.4 Å². The molecule has 0 aromatic heterocycles. The molecule has 3 aromatic carbocycles. The molecule has 9 heteroatoms. The first-order chi connectivity index (χ1) is 16.9. The lowest BCUT2D eigenvalue weighted by Gasteiger charge is -2.15. The van der Waals surface area contributed by atoms with Crippen LogP contribution in [0.3, 0.4) is 0 Å². The number of hydrogen-bond acceptors (Lipinski definition) is 6.